The van der Waals surface area contributed by atoms with Crippen molar-refractivity contribution in [2.45, 2.75) is 12.1 Å². The van der Waals surface area contributed by atoms with Crippen molar-refractivity contribution in [3.63, 3.8) is 0 Å². The lowest BCUT2D eigenvalue weighted by Crippen LogP contribution is -3.14. The zero-order chi connectivity index (χ0) is 15.4. The van der Waals surface area contributed by atoms with Crippen LogP contribution in [0.4, 0.5) is 4.39 Å². The highest BCUT2D eigenvalue weighted by atomic mass is 19.1. The van der Waals surface area contributed by atoms with Crippen molar-refractivity contribution in [2.75, 3.05) is 26.3 Å². The zero-order valence-electron chi connectivity index (χ0n) is 12.4. The van der Waals surface area contributed by atoms with Gasteiger partial charge in [-0.15, -0.1) is 0 Å². The van der Waals surface area contributed by atoms with Crippen LogP contribution in [0.1, 0.15) is 23.3 Å². The molecule has 2 aromatic carbocycles. The summed E-state index contributed by atoms with van der Waals surface area (Å²) in [4.78, 5) is 1.30. The average Bonchev–Trinajstić information content (AvgIpc) is 2.57. The second-order valence-electron chi connectivity index (χ2n) is 5.66. The quantitative estimate of drug-likeness (QED) is 0.898. The molecule has 3 nitrogen and oxygen atoms in total. The summed E-state index contributed by atoms with van der Waals surface area (Å²) in [6.45, 7) is 3.12. The van der Waals surface area contributed by atoms with Crippen LogP contribution in [-0.4, -0.2) is 31.4 Å². The number of quaternary nitrogens is 1. The van der Waals surface area contributed by atoms with Gasteiger partial charge in [0.1, 0.15) is 31.1 Å². The minimum absolute atomic E-state index is 0.0736. The van der Waals surface area contributed by atoms with Crippen molar-refractivity contribution in [1.29, 1.82) is 0 Å². The highest BCUT2D eigenvalue weighted by molar-refractivity contribution is 5.25. The minimum Gasteiger partial charge on any atom is -0.382 e. The summed E-state index contributed by atoms with van der Waals surface area (Å²) >= 11 is 0. The SMILES string of the molecule is OC(c1ccc(F)cc1)C(c1ccccc1)[NH+]1CCOCC1. The second kappa shape index (κ2) is 7.01. The zero-order valence-corrected chi connectivity index (χ0v) is 12.4. The molecule has 1 saturated heterocycles. The molecule has 2 atom stereocenters. The van der Waals surface area contributed by atoms with Crippen LogP contribution in [0.15, 0.2) is 54.6 Å². The summed E-state index contributed by atoms with van der Waals surface area (Å²) in [5.74, 6) is -0.286. The maximum absolute atomic E-state index is 13.1. The Morgan fingerprint density at radius 1 is 0.909 bits per heavy atom. The Hall–Kier alpha value is -1.75. The van der Waals surface area contributed by atoms with Crippen molar-refractivity contribution < 1.29 is 19.1 Å². The van der Waals surface area contributed by atoms with Gasteiger partial charge in [-0.2, -0.15) is 0 Å². The lowest BCUT2D eigenvalue weighted by Gasteiger charge is -2.34. The fraction of sp³-hybridized carbons (Fsp3) is 0.333. The predicted octanol–water partition coefficient (Wildman–Crippen LogP) is 1.52. The first-order valence-electron chi connectivity index (χ1n) is 7.66. The molecule has 0 amide bonds. The van der Waals surface area contributed by atoms with Crippen LogP contribution in [0.25, 0.3) is 0 Å². The first-order chi connectivity index (χ1) is 10.8. The van der Waals surface area contributed by atoms with E-state index < -0.39 is 6.10 Å². The van der Waals surface area contributed by atoms with E-state index in [2.05, 4.69) is 0 Å². The molecule has 2 N–H and O–H groups in total. The van der Waals surface area contributed by atoms with Crippen LogP contribution in [0.3, 0.4) is 0 Å². The van der Waals surface area contributed by atoms with E-state index in [4.69, 9.17) is 4.74 Å². The number of aliphatic hydroxyl groups excluding tert-OH is 1. The number of morpholine rings is 1. The highest BCUT2D eigenvalue weighted by Gasteiger charge is 2.33. The normalized spacial score (nSPS) is 18.8. The van der Waals surface area contributed by atoms with Crippen LogP contribution in [0.5, 0.6) is 0 Å². The second-order valence-corrected chi connectivity index (χ2v) is 5.66. The molecular weight excluding hydrogens is 281 g/mol. The molecule has 1 aliphatic heterocycles. The molecule has 0 bridgehead atoms. The van der Waals surface area contributed by atoms with E-state index in [1.54, 1.807) is 12.1 Å². The van der Waals surface area contributed by atoms with E-state index in [1.165, 1.54) is 17.0 Å². The molecule has 4 heteroatoms. The highest BCUT2D eigenvalue weighted by Crippen LogP contribution is 2.26. The van der Waals surface area contributed by atoms with Crippen molar-refractivity contribution in [2.24, 2.45) is 0 Å². The average molecular weight is 302 g/mol. The van der Waals surface area contributed by atoms with Gasteiger partial charge in [0, 0.05) is 5.56 Å². The first-order valence-corrected chi connectivity index (χ1v) is 7.66. The molecule has 2 aromatic rings. The number of hydrogen-bond donors (Lipinski definition) is 2. The van der Waals surface area contributed by atoms with Gasteiger partial charge in [-0.1, -0.05) is 42.5 Å². The molecule has 2 unspecified atom stereocenters. The molecule has 116 valence electrons. The summed E-state index contributed by atoms with van der Waals surface area (Å²) in [6.07, 6.45) is -0.670. The van der Waals surface area contributed by atoms with Crippen molar-refractivity contribution >= 4 is 0 Å². The van der Waals surface area contributed by atoms with Crippen molar-refractivity contribution in [1.82, 2.24) is 0 Å². The van der Waals surface area contributed by atoms with Crippen LogP contribution in [0, 0.1) is 5.82 Å². The molecule has 1 heterocycles. The maximum Gasteiger partial charge on any atom is 0.144 e. The summed E-state index contributed by atoms with van der Waals surface area (Å²) in [6, 6.07) is 16.1. The molecule has 22 heavy (non-hydrogen) atoms. The molecule has 3 rings (SSSR count). The van der Waals surface area contributed by atoms with Gasteiger partial charge in [0.05, 0.1) is 13.2 Å². The maximum atomic E-state index is 13.1. The molecule has 0 saturated carbocycles. The summed E-state index contributed by atoms with van der Waals surface area (Å²) in [7, 11) is 0. The van der Waals surface area contributed by atoms with Gasteiger partial charge in [-0.25, -0.2) is 4.39 Å². The van der Waals surface area contributed by atoms with Crippen molar-refractivity contribution in [3.8, 4) is 0 Å². The molecule has 0 aliphatic carbocycles. The standard InChI is InChI=1S/C18H20FNO2/c19-16-8-6-15(7-9-16)18(21)17(14-4-2-1-3-5-14)20-10-12-22-13-11-20/h1-9,17-18,21H,10-13H2/p+1. The van der Waals surface area contributed by atoms with Crippen LogP contribution in [-0.2, 0) is 4.74 Å². The van der Waals surface area contributed by atoms with Crippen LogP contribution >= 0.6 is 0 Å². The molecule has 1 fully saturated rings. The van der Waals surface area contributed by atoms with Crippen LogP contribution < -0.4 is 4.90 Å². The fourth-order valence-electron chi connectivity index (χ4n) is 3.10. The summed E-state index contributed by atoms with van der Waals surface area (Å²) < 4.78 is 18.6. The van der Waals surface area contributed by atoms with Gasteiger partial charge in [0.15, 0.2) is 0 Å². The number of ether oxygens (including phenoxy) is 1. The Labute approximate surface area is 130 Å². The Morgan fingerprint density at radius 2 is 1.55 bits per heavy atom. The number of rotatable bonds is 4. The van der Waals surface area contributed by atoms with Gasteiger partial charge in [0.25, 0.3) is 0 Å². The molecule has 0 aromatic heterocycles. The van der Waals surface area contributed by atoms with E-state index in [0.717, 1.165) is 24.2 Å². The van der Waals surface area contributed by atoms with E-state index in [1.807, 2.05) is 30.3 Å². The lowest BCUT2D eigenvalue weighted by atomic mass is 9.94. The topological polar surface area (TPSA) is 33.9 Å². The Morgan fingerprint density at radius 3 is 2.18 bits per heavy atom. The first kappa shape index (κ1) is 15.2. The summed E-state index contributed by atoms with van der Waals surface area (Å²) in [5.41, 5.74) is 1.84. The Bertz CT molecular complexity index is 582. The number of hydrogen-bond acceptors (Lipinski definition) is 2. The van der Waals surface area contributed by atoms with E-state index in [-0.39, 0.29) is 11.9 Å². The third kappa shape index (κ3) is 3.35. The van der Waals surface area contributed by atoms with Gasteiger partial charge in [0.2, 0.25) is 0 Å². The Balaban J connectivity index is 1.91. The predicted molar refractivity (Wildman–Crippen MR) is 82.1 cm³/mol. The van der Waals surface area contributed by atoms with Gasteiger partial charge < -0.3 is 14.7 Å². The monoisotopic (exact) mass is 302 g/mol. The molecule has 0 spiro atoms. The number of nitrogens with one attached hydrogen (secondary N) is 1. The number of aliphatic hydroxyl groups is 1. The largest absolute Gasteiger partial charge is 0.382 e. The van der Waals surface area contributed by atoms with E-state index in [0.29, 0.717) is 13.2 Å². The van der Waals surface area contributed by atoms with Crippen LogP contribution in [0.2, 0.25) is 0 Å². The number of halogens is 1. The van der Waals surface area contributed by atoms with Gasteiger partial charge in [-0.3, -0.25) is 0 Å². The number of benzene rings is 2. The van der Waals surface area contributed by atoms with Gasteiger partial charge >= 0.3 is 0 Å². The van der Waals surface area contributed by atoms with Gasteiger partial charge in [-0.05, 0) is 17.7 Å². The third-order valence-electron chi connectivity index (χ3n) is 4.26. The van der Waals surface area contributed by atoms with E-state index in [9.17, 15) is 9.50 Å². The molecule has 0 radical (unpaired) electrons. The molecule has 1 aliphatic rings. The van der Waals surface area contributed by atoms with E-state index >= 15 is 0 Å². The summed E-state index contributed by atoms with van der Waals surface area (Å²) in [5, 5.41) is 10.9. The smallest absolute Gasteiger partial charge is 0.144 e. The minimum atomic E-state index is -0.670. The Kier molecular flexibility index (Phi) is 4.83. The third-order valence-corrected chi connectivity index (χ3v) is 4.26. The lowest BCUT2D eigenvalue weighted by molar-refractivity contribution is -0.943. The van der Waals surface area contributed by atoms with Crippen molar-refractivity contribution in [3.05, 3.63) is 71.5 Å². The molecular formula is C18H21FNO2+. The fourth-order valence-corrected chi connectivity index (χ4v) is 3.10.